The summed E-state index contributed by atoms with van der Waals surface area (Å²) in [6.07, 6.45) is 3.77. The van der Waals surface area contributed by atoms with Crippen molar-refractivity contribution in [1.29, 1.82) is 0 Å². The number of sulfonamides is 1. The van der Waals surface area contributed by atoms with Crippen LogP contribution in [0.2, 0.25) is 0 Å². The van der Waals surface area contributed by atoms with Crippen LogP contribution in [0.4, 0.5) is 0 Å². The summed E-state index contributed by atoms with van der Waals surface area (Å²) in [5, 5.41) is 0. The van der Waals surface area contributed by atoms with E-state index in [0.717, 1.165) is 30.4 Å². The van der Waals surface area contributed by atoms with Crippen molar-refractivity contribution < 1.29 is 22.7 Å². The second kappa shape index (κ2) is 10.1. The average molecular weight is 471 g/mol. The van der Waals surface area contributed by atoms with Gasteiger partial charge in [0.2, 0.25) is 10.0 Å². The number of likely N-dealkylation sites (N-methyl/N-ethyl adjacent to an activating group) is 1. The molecule has 0 aromatic heterocycles. The van der Waals surface area contributed by atoms with Crippen LogP contribution in [-0.2, 0) is 43.7 Å². The van der Waals surface area contributed by atoms with Gasteiger partial charge in [-0.2, -0.15) is 4.31 Å². The maximum Gasteiger partial charge on any atom is 0.309 e. The maximum atomic E-state index is 13.1. The number of ether oxygens (including phenoxy) is 1. The lowest BCUT2D eigenvalue weighted by atomic mass is 9.98. The van der Waals surface area contributed by atoms with Crippen molar-refractivity contribution in [2.75, 3.05) is 26.7 Å². The Morgan fingerprint density at radius 3 is 2.45 bits per heavy atom. The molecule has 0 spiro atoms. The van der Waals surface area contributed by atoms with Gasteiger partial charge >= 0.3 is 5.97 Å². The van der Waals surface area contributed by atoms with Crippen LogP contribution in [0.5, 0.6) is 0 Å². The summed E-state index contributed by atoms with van der Waals surface area (Å²) in [6, 6.07) is 15.0. The van der Waals surface area contributed by atoms with E-state index in [1.165, 1.54) is 14.8 Å². The van der Waals surface area contributed by atoms with Crippen LogP contribution in [0.1, 0.15) is 36.0 Å². The third-order valence-electron chi connectivity index (χ3n) is 6.52. The first-order valence-electron chi connectivity index (χ1n) is 11.4. The van der Waals surface area contributed by atoms with Gasteiger partial charge in [0.25, 0.3) is 5.91 Å². The van der Waals surface area contributed by atoms with Crippen molar-refractivity contribution in [3.05, 3.63) is 65.2 Å². The Bertz CT molecular complexity index is 1110. The fraction of sp³-hybridized carbons (Fsp3) is 0.440. The fourth-order valence-corrected chi connectivity index (χ4v) is 6.02. The topological polar surface area (TPSA) is 84.0 Å². The van der Waals surface area contributed by atoms with Gasteiger partial charge in [-0.3, -0.25) is 9.59 Å². The molecule has 33 heavy (non-hydrogen) atoms. The van der Waals surface area contributed by atoms with Gasteiger partial charge in [-0.25, -0.2) is 8.42 Å². The summed E-state index contributed by atoms with van der Waals surface area (Å²) in [7, 11) is -1.91. The molecule has 2 aromatic carbocycles. The minimum Gasteiger partial charge on any atom is -0.455 e. The molecular weight excluding hydrogens is 440 g/mol. The van der Waals surface area contributed by atoms with Crippen LogP contribution in [-0.4, -0.2) is 56.2 Å². The largest absolute Gasteiger partial charge is 0.455 e. The molecule has 8 heteroatoms. The third kappa shape index (κ3) is 5.45. The smallest absolute Gasteiger partial charge is 0.309 e. The second-order valence-corrected chi connectivity index (χ2v) is 10.7. The Hall–Kier alpha value is -2.71. The number of fused-ring (bicyclic) bond motifs is 1. The van der Waals surface area contributed by atoms with Gasteiger partial charge in [-0.05, 0) is 60.9 Å². The van der Waals surface area contributed by atoms with E-state index in [4.69, 9.17) is 4.74 Å². The molecule has 1 fully saturated rings. The molecular formula is C25H30N2O5S. The number of rotatable bonds is 7. The van der Waals surface area contributed by atoms with Crippen LogP contribution in [0.15, 0.2) is 53.4 Å². The Labute approximate surface area is 195 Å². The summed E-state index contributed by atoms with van der Waals surface area (Å²) in [5.74, 6) is -1.11. The van der Waals surface area contributed by atoms with Crippen molar-refractivity contribution in [3.8, 4) is 0 Å². The van der Waals surface area contributed by atoms with Gasteiger partial charge in [0, 0.05) is 26.7 Å². The standard InChI is InChI=1S/C25H30N2O5S/c1-26(17-19-6-3-2-4-7-19)24(28)18-32-25(29)21-12-14-27(15-13-21)33(30,31)23-11-10-20-8-5-9-22(20)16-23/h2-4,6-7,10-11,16,21H,5,8-9,12-15,17-18H2,1H3. The van der Waals surface area contributed by atoms with Crippen LogP contribution in [0.3, 0.4) is 0 Å². The summed E-state index contributed by atoms with van der Waals surface area (Å²) >= 11 is 0. The Kier molecular flexibility index (Phi) is 7.14. The molecule has 1 amide bonds. The number of piperidine rings is 1. The summed E-state index contributed by atoms with van der Waals surface area (Å²) in [4.78, 5) is 26.6. The summed E-state index contributed by atoms with van der Waals surface area (Å²) in [5.41, 5.74) is 3.35. The first-order chi connectivity index (χ1) is 15.8. The SMILES string of the molecule is CN(Cc1ccccc1)C(=O)COC(=O)C1CCN(S(=O)(=O)c2ccc3c(c2)CCC3)CC1. The number of benzene rings is 2. The number of carbonyl (C=O) groups excluding carboxylic acids is 2. The molecule has 1 saturated heterocycles. The van der Waals surface area contributed by atoms with Gasteiger partial charge in [0.1, 0.15) is 0 Å². The molecule has 0 bridgehead atoms. The predicted molar refractivity (Wildman–Crippen MR) is 124 cm³/mol. The number of carbonyl (C=O) groups is 2. The van der Waals surface area contributed by atoms with Crippen LogP contribution in [0.25, 0.3) is 0 Å². The van der Waals surface area contributed by atoms with Crippen molar-refractivity contribution in [3.63, 3.8) is 0 Å². The monoisotopic (exact) mass is 470 g/mol. The van der Waals surface area contributed by atoms with Gasteiger partial charge in [0.05, 0.1) is 10.8 Å². The minimum atomic E-state index is -3.58. The van der Waals surface area contributed by atoms with Crippen molar-refractivity contribution >= 4 is 21.9 Å². The van der Waals surface area contributed by atoms with E-state index in [0.29, 0.717) is 24.3 Å². The Balaban J connectivity index is 1.26. The Morgan fingerprint density at radius 2 is 1.73 bits per heavy atom. The second-order valence-electron chi connectivity index (χ2n) is 8.81. The number of esters is 1. The number of hydrogen-bond donors (Lipinski definition) is 0. The number of amides is 1. The van der Waals surface area contributed by atoms with Gasteiger partial charge in [0.15, 0.2) is 6.61 Å². The first-order valence-corrected chi connectivity index (χ1v) is 12.8. The number of nitrogens with zero attached hydrogens (tertiary/aromatic N) is 2. The van der Waals surface area contributed by atoms with Gasteiger partial charge < -0.3 is 9.64 Å². The molecule has 1 aliphatic heterocycles. The number of aryl methyl sites for hydroxylation is 2. The molecule has 0 N–H and O–H groups in total. The highest BCUT2D eigenvalue weighted by Crippen LogP contribution is 2.28. The molecule has 0 saturated carbocycles. The van der Waals surface area contributed by atoms with Crippen LogP contribution < -0.4 is 0 Å². The van der Waals surface area contributed by atoms with Crippen LogP contribution >= 0.6 is 0 Å². The molecule has 176 valence electrons. The average Bonchev–Trinajstić information content (AvgIpc) is 3.31. The van der Waals surface area contributed by atoms with E-state index in [1.54, 1.807) is 19.2 Å². The zero-order valence-corrected chi connectivity index (χ0v) is 19.7. The first kappa shape index (κ1) is 23.4. The van der Waals surface area contributed by atoms with Crippen molar-refractivity contribution in [2.24, 2.45) is 5.92 Å². The van der Waals surface area contributed by atoms with Crippen molar-refractivity contribution in [2.45, 2.75) is 43.5 Å². The molecule has 1 aliphatic carbocycles. The quantitative estimate of drug-likeness (QED) is 0.581. The Morgan fingerprint density at radius 1 is 1.03 bits per heavy atom. The number of hydrogen-bond acceptors (Lipinski definition) is 5. The van der Waals surface area contributed by atoms with E-state index < -0.39 is 21.9 Å². The molecule has 4 rings (SSSR count). The molecule has 7 nitrogen and oxygen atoms in total. The zero-order valence-electron chi connectivity index (χ0n) is 18.9. The van der Waals surface area contributed by atoms with Crippen LogP contribution in [0, 0.1) is 5.92 Å². The summed E-state index contributed by atoms with van der Waals surface area (Å²) in [6.45, 7) is 0.661. The van der Waals surface area contributed by atoms with E-state index in [2.05, 4.69) is 0 Å². The third-order valence-corrected chi connectivity index (χ3v) is 8.42. The van der Waals surface area contributed by atoms with E-state index >= 15 is 0 Å². The molecule has 0 atom stereocenters. The normalized spacial score (nSPS) is 16.9. The summed E-state index contributed by atoms with van der Waals surface area (Å²) < 4.78 is 32.8. The molecule has 2 aromatic rings. The highest BCUT2D eigenvalue weighted by molar-refractivity contribution is 7.89. The van der Waals surface area contributed by atoms with Gasteiger partial charge in [-0.15, -0.1) is 0 Å². The molecule has 1 heterocycles. The van der Waals surface area contributed by atoms with E-state index in [-0.39, 0.29) is 25.6 Å². The lowest BCUT2D eigenvalue weighted by Crippen LogP contribution is -2.41. The lowest BCUT2D eigenvalue weighted by Gasteiger charge is -2.30. The zero-order chi connectivity index (χ0) is 23.4. The van der Waals surface area contributed by atoms with E-state index in [9.17, 15) is 18.0 Å². The van der Waals surface area contributed by atoms with E-state index in [1.807, 2.05) is 36.4 Å². The predicted octanol–water partition coefficient (Wildman–Crippen LogP) is 2.78. The molecule has 0 unspecified atom stereocenters. The van der Waals surface area contributed by atoms with Gasteiger partial charge in [-0.1, -0.05) is 36.4 Å². The fourth-order valence-electron chi connectivity index (χ4n) is 4.50. The molecule has 0 radical (unpaired) electrons. The highest BCUT2D eigenvalue weighted by atomic mass is 32.2. The lowest BCUT2D eigenvalue weighted by molar-refractivity contribution is -0.156. The molecule has 2 aliphatic rings. The maximum absolute atomic E-state index is 13.1. The highest BCUT2D eigenvalue weighted by Gasteiger charge is 2.33. The van der Waals surface area contributed by atoms with Crippen molar-refractivity contribution in [1.82, 2.24) is 9.21 Å². The minimum absolute atomic E-state index is 0.265.